The van der Waals surface area contributed by atoms with Crippen molar-refractivity contribution in [2.45, 2.75) is 79.4 Å². The van der Waals surface area contributed by atoms with Crippen molar-refractivity contribution in [3.63, 3.8) is 0 Å². The molecule has 0 radical (unpaired) electrons. The molecule has 2 aromatic carbocycles. The minimum absolute atomic E-state index is 0.0524. The number of esters is 2. The fourth-order valence-electron chi connectivity index (χ4n) is 6.58. The minimum atomic E-state index is -0.815. The molecule has 4 atom stereocenters. The number of benzene rings is 2. The Morgan fingerprint density at radius 2 is 1.97 bits per heavy atom. The van der Waals surface area contributed by atoms with E-state index in [1.807, 2.05) is 40.7 Å². The molecule has 2 bridgehead atoms. The van der Waals surface area contributed by atoms with Crippen molar-refractivity contribution in [2.75, 3.05) is 7.11 Å². The monoisotopic (exact) mass is 522 g/mol. The molecular weight excluding hydrogens is 484 g/mol. The first-order valence-electron chi connectivity index (χ1n) is 13.6. The molecule has 0 aromatic heterocycles. The Hall–Kier alpha value is -3.06. The summed E-state index contributed by atoms with van der Waals surface area (Å²) in [4.78, 5) is 26.8. The Labute approximate surface area is 224 Å². The topological polar surface area (TPSA) is 91.3 Å². The van der Waals surface area contributed by atoms with Crippen molar-refractivity contribution >= 4 is 11.9 Å². The summed E-state index contributed by atoms with van der Waals surface area (Å²) in [6.45, 7) is 9.85. The molecule has 2 aromatic rings. The van der Waals surface area contributed by atoms with Crippen LogP contribution in [-0.2, 0) is 16.1 Å². The Bertz CT molecular complexity index is 1280. The molecule has 1 aliphatic heterocycles. The second-order valence-corrected chi connectivity index (χ2v) is 11.9. The number of carbonyl (C=O) groups excluding carboxylic acids is 2. The lowest BCUT2D eigenvalue weighted by Crippen LogP contribution is -2.37. The quantitative estimate of drug-likeness (QED) is 0.338. The van der Waals surface area contributed by atoms with Crippen LogP contribution in [0.4, 0.5) is 0 Å². The van der Waals surface area contributed by atoms with E-state index in [4.69, 9.17) is 18.9 Å². The molecule has 1 N–H and O–H groups in total. The molecule has 0 saturated heterocycles. The summed E-state index contributed by atoms with van der Waals surface area (Å²) in [6.07, 6.45) is 3.88. The van der Waals surface area contributed by atoms with Gasteiger partial charge in [-0.15, -0.1) is 0 Å². The SMILES string of the molecule is COc1c([C@@H](O)CC(C)C)ccc2c1C(=O)OCc1cc(C)c(C)c(OC(=O)[C@@]3(C)C[C@H]4CC[C@@H]3C4)c1O2. The van der Waals surface area contributed by atoms with Gasteiger partial charge in [0.15, 0.2) is 11.5 Å². The van der Waals surface area contributed by atoms with Crippen LogP contribution in [0.1, 0.15) is 91.6 Å². The van der Waals surface area contributed by atoms with Gasteiger partial charge in [0.25, 0.3) is 0 Å². The summed E-state index contributed by atoms with van der Waals surface area (Å²) in [5.41, 5.74) is 2.42. The molecule has 38 heavy (non-hydrogen) atoms. The van der Waals surface area contributed by atoms with Gasteiger partial charge in [-0.1, -0.05) is 20.3 Å². The molecule has 7 nitrogen and oxygen atoms in total. The lowest BCUT2D eigenvalue weighted by molar-refractivity contribution is -0.148. The van der Waals surface area contributed by atoms with Gasteiger partial charge in [-0.05, 0) is 93.5 Å². The number of methoxy groups -OCH3 is 1. The highest BCUT2D eigenvalue weighted by atomic mass is 16.6. The maximum atomic E-state index is 13.6. The van der Waals surface area contributed by atoms with Crippen molar-refractivity contribution in [1.82, 2.24) is 0 Å². The van der Waals surface area contributed by atoms with Crippen molar-refractivity contribution in [1.29, 1.82) is 0 Å². The average Bonchev–Trinajstić information content (AvgIpc) is 3.46. The summed E-state index contributed by atoms with van der Waals surface area (Å²) in [5.74, 6) is 1.51. The third-order valence-electron chi connectivity index (χ3n) is 8.82. The molecule has 0 unspecified atom stereocenters. The van der Waals surface area contributed by atoms with E-state index in [-0.39, 0.29) is 35.6 Å². The number of hydrogen-bond acceptors (Lipinski definition) is 7. The van der Waals surface area contributed by atoms with E-state index in [2.05, 4.69) is 0 Å². The van der Waals surface area contributed by atoms with Gasteiger partial charge in [-0.25, -0.2) is 4.79 Å². The number of aryl methyl sites for hydroxylation is 1. The number of hydrogen-bond donors (Lipinski definition) is 1. The molecular formula is C31H38O7. The molecule has 2 aliphatic carbocycles. The fourth-order valence-corrected chi connectivity index (χ4v) is 6.58. The van der Waals surface area contributed by atoms with Crippen LogP contribution in [-0.4, -0.2) is 24.2 Å². The Morgan fingerprint density at radius 1 is 1.21 bits per heavy atom. The van der Waals surface area contributed by atoms with Gasteiger partial charge in [-0.3, -0.25) is 4.79 Å². The first-order chi connectivity index (χ1) is 18.0. The summed E-state index contributed by atoms with van der Waals surface area (Å²) < 4.78 is 23.9. The largest absolute Gasteiger partial charge is 0.495 e. The van der Waals surface area contributed by atoms with E-state index in [9.17, 15) is 14.7 Å². The van der Waals surface area contributed by atoms with Crippen molar-refractivity contribution < 1.29 is 33.6 Å². The predicted molar refractivity (Wildman–Crippen MR) is 142 cm³/mol. The molecule has 0 amide bonds. The third kappa shape index (κ3) is 4.45. The van der Waals surface area contributed by atoms with Gasteiger partial charge in [0, 0.05) is 11.1 Å². The van der Waals surface area contributed by atoms with Crippen LogP contribution in [0.25, 0.3) is 0 Å². The number of aliphatic hydroxyl groups excluding tert-OH is 1. The zero-order valence-corrected chi connectivity index (χ0v) is 23.2. The molecule has 2 saturated carbocycles. The van der Waals surface area contributed by atoms with Crippen LogP contribution in [0.15, 0.2) is 18.2 Å². The zero-order valence-electron chi connectivity index (χ0n) is 23.2. The Morgan fingerprint density at radius 3 is 2.61 bits per heavy atom. The number of fused-ring (bicyclic) bond motifs is 4. The highest BCUT2D eigenvalue weighted by Gasteiger charge is 2.53. The van der Waals surface area contributed by atoms with E-state index >= 15 is 0 Å². The molecule has 5 rings (SSSR count). The molecule has 204 valence electrons. The molecule has 1 heterocycles. The summed E-state index contributed by atoms with van der Waals surface area (Å²) in [7, 11) is 1.46. The zero-order chi connectivity index (χ0) is 27.4. The van der Waals surface area contributed by atoms with Crippen LogP contribution in [0.5, 0.6) is 23.0 Å². The van der Waals surface area contributed by atoms with Crippen LogP contribution < -0.4 is 14.2 Å². The summed E-state index contributed by atoms with van der Waals surface area (Å²) in [6, 6.07) is 5.25. The highest BCUT2D eigenvalue weighted by molar-refractivity contribution is 5.97. The second kappa shape index (κ2) is 9.92. The molecule has 0 spiro atoms. The minimum Gasteiger partial charge on any atom is -0.495 e. The van der Waals surface area contributed by atoms with E-state index in [1.165, 1.54) is 13.5 Å². The summed E-state index contributed by atoms with van der Waals surface area (Å²) >= 11 is 0. The number of carbonyl (C=O) groups is 2. The highest BCUT2D eigenvalue weighted by Crippen LogP contribution is 2.57. The third-order valence-corrected chi connectivity index (χ3v) is 8.82. The van der Waals surface area contributed by atoms with Gasteiger partial charge in [0.2, 0.25) is 0 Å². The first kappa shape index (κ1) is 26.5. The number of cyclic esters (lactones) is 1. The number of aliphatic hydroxyl groups is 1. The Kier molecular flexibility index (Phi) is 6.93. The van der Waals surface area contributed by atoms with Crippen molar-refractivity contribution in [3.05, 3.63) is 46.0 Å². The normalized spacial score (nSPS) is 24.6. The van der Waals surface area contributed by atoms with Crippen LogP contribution in [0.3, 0.4) is 0 Å². The Balaban J connectivity index is 1.57. The van der Waals surface area contributed by atoms with Crippen LogP contribution in [0, 0.1) is 37.0 Å². The van der Waals surface area contributed by atoms with Crippen molar-refractivity contribution in [2.24, 2.45) is 23.2 Å². The standard InChI is InChI=1S/C31H38O7/c1-16(2)11-23(32)22-9-10-24-25(28(22)35-6)29(33)36-15-20-12-17(3)18(4)26(27(20)37-24)38-30(34)31(5)14-19-7-8-21(31)13-19/h9-10,12,16,19,21,23,32H,7-8,11,13-15H2,1-6H3/t19-,21+,23-,31-/m0/s1. The second-order valence-electron chi connectivity index (χ2n) is 11.9. The van der Waals surface area contributed by atoms with Crippen LogP contribution in [0.2, 0.25) is 0 Å². The number of ether oxygens (including phenoxy) is 4. The molecule has 2 fully saturated rings. The molecule has 3 aliphatic rings. The maximum Gasteiger partial charge on any atom is 0.346 e. The lowest BCUT2D eigenvalue weighted by atomic mass is 9.75. The van der Waals surface area contributed by atoms with E-state index < -0.39 is 17.5 Å². The predicted octanol–water partition coefficient (Wildman–Crippen LogP) is 6.59. The van der Waals surface area contributed by atoms with Crippen molar-refractivity contribution in [3.8, 4) is 23.0 Å². The van der Waals surface area contributed by atoms with Gasteiger partial charge in [-0.2, -0.15) is 0 Å². The van der Waals surface area contributed by atoms with E-state index in [1.54, 1.807) is 12.1 Å². The van der Waals surface area contributed by atoms with Gasteiger partial charge in [0.1, 0.15) is 23.7 Å². The molecule has 7 heteroatoms. The van der Waals surface area contributed by atoms with Gasteiger partial charge >= 0.3 is 11.9 Å². The van der Waals surface area contributed by atoms with E-state index in [0.717, 1.165) is 30.4 Å². The fraction of sp³-hybridized carbons (Fsp3) is 0.548. The first-order valence-corrected chi connectivity index (χ1v) is 13.6. The smallest absolute Gasteiger partial charge is 0.346 e. The average molecular weight is 523 g/mol. The number of rotatable bonds is 6. The maximum absolute atomic E-state index is 13.6. The van der Waals surface area contributed by atoms with Gasteiger partial charge in [0.05, 0.1) is 18.6 Å². The van der Waals surface area contributed by atoms with Crippen LogP contribution >= 0.6 is 0 Å². The van der Waals surface area contributed by atoms with E-state index in [0.29, 0.717) is 40.9 Å². The van der Waals surface area contributed by atoms with Gasteiger partial charge < -0.3 is 24.1 Å². The lowest BCUT2D eigenvalue weighted by Gasteiger charge is -2.32. The summed E-state index contributed by atoms with van der Waals surface area (Å²) in [5, 5.41) is 10.8.